The van der Waals surface area contributed by atoms with Crippen molar-refractivity contribution in [2.45, 2.75) is 32.4 Å². The number of para-hydroxylation sites is 2. The zero-order valence-corrected chi connectivity index (χ0v) is 19.1. The Bertz CT molecular complexity index is 781. The highest BCUT2D eigenvalue weighted by Crippen LogP contribution is 2.26. The van der Waals surface area contributed by atoms with E-state index < -0.39 is 0 Å². The summed E-state index contributed by atoms with van der Waals surface area (Å²) in [4.78, 5) is 8.39. The van der Waals surface area contributed by atoms with Crippen LogP contribution in [0.4, 0.5) is 0 Å². The fraction of sp³-hybridized carbons (Fsp3) is 0.522. The molecule has 1 aromatic heterocycles. The third kappa shape index (κ3) is 6.92. The van der Waals surface area contributed by atoms with Gasteiger partial charge in [0.25, 0.3) is 0 Å². The van der Waals surface area contributed by atoms with Crippen LogP contribution >= 0.6 is 11.3 Å². The molecule has 1 aliphatic rings. The summed E-state index contributed by atoms with van der Waals surface area (Å²) in [5.74, 6) is 2.96. The highest BCUT2D eigenvalue weighted by Gasteiger charge is 2.20. The van der Waals surface area contributed by atoms with Crippen molar-refractivity contribution in [3.63, 3.8) is 0 Å². The van der Waals surface area contributed by atoms with Crippen LogP contribution in [-0.2, 0) is 6.54 Å². The summed E-state index contributed by atoms with van der Waals surface area (Å²) in [7, 11) is 3.47. The molecule has 1 aliphatic heterocycles. The van der Waals surface area contributed by atoms with Crippen LogP contribution in [0, 0.1) is 5.92 Å². The van der Waals surface area contributed by atoms with E-state index in [0.717, 1.165) is 37.1 Å². The molecular formula is C23H34N4O2S. The first-order valence-electron chi connectivity index (χ1n) is 10.7. The Kier molecular flexibility index (Phi) is 8.83. The number of likely N-dealkylation sites (tertiary alicyclic amines) is 1. The molecule has 164 valence electrons. The molecular weight excluding hydrogens is 396 g/mol. The number of benzene rings is 1. The molecule has 0 aliphatic carbocycles. The van der Waals surface area contributed by atoms with Gasteiger partial charge in [-0.2, -0.15) is 0 Å². The largest absolute Gasteiger partial charge is 0.493 e. The summed E-state index contributed by atoms with van der Waals surface area (Å²) in [6, 6.07) is 12.1. The zero-order valence-electron chi connectivity index (χ0n) is 18.3. The molecule has 0 amide bonds. The second-order valence-corrected chi connectivity index (χ2v) is 8.77. The van der Waals surface area contributed by atoms with E-state index in [0.29, 0.717) is 12.5 Å². The van der Waals surface area contributed by atoms with Gasteiger partial charge in [-0.25, -0.2) is 0 Å². The molecule has 0 radical (unpaired) electrons. The normalized spacial score (nSPS) is 18.6. The molecule has 2 atom stereocenters. The van der Waals surface area contributed by atoms with E-state index >= 15 is 0 Å². The minimum Gasteiger partial charge on any atom is -0.493 e. The maximum absolute atomic E-state index is 6.01. The Morgan fingerprint density at radius 3 is 2.80 bits per heavy atom. The molecule has 3 rings (SSSR count). The number of aliphatic imine (C=N–C) groups is 1. The number of methoxy groups -OCH3 is 1. The van der Waals surface area contributed by atoms with Crippen molar-refractivity contribution in [3.8, 4) is 11.5 Å². The lowest BCUT2D eigenvalue weighted by molar-refractivity contribution is 0.169. The predicted octanol–water partition coefficient (Wildman–Crippen LogP) is 3.60. The van der Waals surface area contributed by atoms with Crippen LogP contribution in [0.2, 0.25) is 0 Å². The Labute approximate surface area is 184 Å². The standard InChI is InChI=1S/C23H34N4O2S/c1-18(29-22-11-5-4-10-21(22)28-3)14-25-23(24-2)26-15-19-8-6-12-27(16-19)17-20-9-7-13-30-20/h4-5,7,9-11,13,18-19H,6,8,12,14-17H2,1-3H3,(H2,24,25,26). The Morgan fingerprint density at radius 2 is 2.07 bits per heavy atom. The number of thiophene rings is 1. The van der Waals surface area contributed by atoms with Gasteiger partial charge in [0, 0.05) is 31.6 Å². The third-order valence-electron chi connectivity index (χ3n) is 5.30. The van der Waals surface area contributed by atoms with Crippen molar-refractivity contribution in [1.82, 2.24) is 15.5 Å². The average molecular weight is 431 g/mol. The molecule has 0 bridgehead atoms. The van der Waals surface area contributed by atoms with Gasteiger partial charge in [0.2, 0.25) is 0 Å². The Balaban J connectivity index is 1.40. The van der Waals surface area contributed by atoms with Gasteiger partial charge in [0.05, 0.1) is 13.7 Å². The molecule has 7 heteroatoms. The second-order valence-electron chi connectivity index (χ2n) is 7.74. The van der Waals surface area contributed by atoms with Crippen molar-refractivity contribution >= 4 is 17.3 Å². The van der Waals surface area contributed by atoms with Gasteiger partial charge in [-0.05, 0) is 55.8 Å². The number of piperidine rings is 1. The highest BCUT2D eigenvalue weighted by atomic mass is 32.1. The predicted molar refractivity (Wildman–Crippen MR) is 125 cm³/mol. The molecule has 0 saturated carbocycles. The number of nitrogens with zero attached hydrogens (tertiary/aromatic N) is 2. The number of rotatable bonds is 9. The molecule has 6 nitrogen and oxygen atoms in total. The van der Waals surface area contributed by atoms with E-state index in [-0.39, 0.29) is 6.10 Å². The van der Waals surface area contributed by atoms with E-state index in [4.69, 9.17) is 9.47 Å². The molecule has 2 N–H and O–H groups in total. The first kappa shape index (κ1) is 22.4. The summed E-state index contributed by atoms with van der Waals surface area (Å²) >= 11 is 1.85. The Hall–Kier alpha value is -2.25. The summed E-state index contributed by atoms with van der Waals surface area (Å²) in [5.41, 5.74) is 0. The van der Waals surface area contributed by atoms with Crippen molar-refractivity contribution in [2.75, 3.05) is 40.3 Å². The van der Waals surface area contributed by atoms with Crippen LogP contribution in [0.25, 0.3) is 0 Å². The number of ether oxygens (including phenoxy) is 2. The summed E-state index contributed by atoms with van der Waals surface area (Å²) in [6.45, 7) is 7.03. The van der Waals surface area contributed by atoms with Crippen LogP contribution in [0.3, 0.4) is 0 Å². The lowest BCUT2D eigenvalue weighted by Crippen LogP contribution is -2.46. The van der Waals surface area contributed by atoms with Gasteiger partial charge in [-0.1, -0.05) is 18.2 Å². The minimum absolute atomic E-state index is 0.0178. The SMILES string of the molecule is CN=C(NCC1CCCN(Cc2cccs2)C1)NCC(C)Oc1ccccc1OC. The molecule has 2 unspecified atom stereocenters. The van der Waals surface area contributed by atoms with Crippen LogP contribution in [0.1, 0.15) is 24.6 Å². The summed E-state index contributed by atoms with van der Waals surface area (Å²) < 4.78 is 11.4. The van der Waals surface area contributed by atoms with Gasteiger partial charge < -0.3 is 20.1 Å². The smallest absolute Gasteiger partial charge is 0.191 e. The third-order valence-corrected chi connectivity index (χ3v) is 6.16. The molecule has 30 heavy (non-hydrogen) atoms. The summed E-state index contributed by atoms with van der Waals surface area (Å²) in [6.07, 6.45) is 2.50. The number of hydrogen-bond donors (Lipinski definition) is 2. The molecule has 1 aromatic carbocycles. The number of hydrogen-bond acceptors (Lipinski definition) is 5. The lowest BCUT2D eigenvalue weighted by Gasteiger charge is -2.32. The van der Waals surface area contributed by atoms with Crippen LogP contribution < -0.4 is 20.1 Å². The number of guanidine groups is 1. The first-order chi connectivity index (χ1) is 14.7. The van der Waals surface area contributed by atoms with Crippen LogP contribution in [0.15, 0.2) is 46.8 Å². The minimum atomic E-state index is -0.0178. The molecule has 2 aromatic rings. The van der Waals surface area contributed by atoms with Crippen LogP contribution in [0.5, 0.6) is 11.5 Å². The maximum atomic E-state index is 6.01. The van der Waals surface area contributed by atoms with Gasteiger partial charge in [0.1, 0.15) is 6.10 Å². The van der Waals surface area contributed by atoms with E-state index in [2.05, 4.69) is 38.0 Å². The summed E-state index contributed by atoms with van der Waals surface area (Å²) in [5, 5.41) is 9.03. The quantitative estimate of drug-likeness (QED) is 0.470. The van der Waals surface area contributed by atoms with Crippen molar-refractivity contribution in [3.05, 3.63) is 46.7 Å². The molecule has 2 heterocycles. The van der Waals surface area contributed by atoms with Gasteiger partial charge in [-0.3, -0.25) is 9.89 Å². The van der Waals surface area contributed by atoms with E-state index in [1.807, 2.05) is 49.6 Å². The van der Waals surface area contributed by atoms with E-state index in [1.54, 1.807) is 7.11 Å². The lowest BCUT2D eigenvalue weighted by atomic mass is 9.98. The van der Waals surface area contributed by atoms with Crippen molar-refractivity contribution < 1.29 is 9.47 Å². The molecule has 0 spiro atoms. The first-order valence-corrected chi connectivity index (χ1v) is 11.5. The number of nitrogens with one attached hydrogen (secondary N) is 2. The highest BCUT2D eigenvalue weighted by molar-refractivity contribution is 7.09. The monoisotopic (exact) mass is 430 g/mol. The Morgan fingerprint density at radius 1 is 1.23 bits per heavy atom. The maximum Gasteiger partial charge on any atom is 0.191 e. The van der Waals surface area contributed by atoms with Gasteiger partial charge in [0.15, 0.2) is 17.5 Å². The zero-order chi connectivity index (χ0) is 21.2. The molecule has 1 fully saturated rings. The van der Waals surface area contributed by atoms with Gasteiger partial charge in [-0.15, -0.1) is 11.3 Å². The average Bonchev–Trinajstić information content (AvgIpc) is 3.27. The molecule has 1 saturated heterocycles. The van der Waals surface area contributed by atoms with Crippen molar-refractivity contribution in [1.29, 1.82) is 0 Å². The van der Waals surface area contributed by atoms with Crippen molar-refractivity contribution in [2.24, 2.45) is 10.9 Å². The fourth-order valence-electron chi connectivity index (χ4n) is 3.76. The van der Waals surface area contributed by atoms with Crippen LogP contribution in [-0.4, -0.2) is 57.3 Å². The second kappa shape index (κ2) is 11.8. The van der Waals surface area contributed by atoms with E-state index in [9.17, 15) is 0 Å². The fourth-order valence-corrected chi connectivity index (χ4v) is 4.51. The van der Waals surface area contributed by atoms with Gasteiger partial charge >= 0.3 is 0 Å². The topological polar surface area (TPSA) is 58.1 Å². The van der Waals surface area contributed by atoms with E-state index in [1.165, 1.54) is 24.3 Å².